The van der Waals surface area contributed by atoms with Gasteiger partial charge in [0.25, 0.3) is 5.91 Å². The SMILES string of the molecule is NC1CC1c1cccc(C(=O)NC2CCS(=O)(=O)CC2)c1. The molecule has 1 amide bonds. The van der Waals surface area contributed by atoms with Crippen LogP contribution in [0.25, 0.3) is 0 Å². The van der Waals surface area contributed by atoms with E-state index in [2.05, 4.69) is 5.32 Å². The summed E-state index contributed by atoms with van der Waals surface area (Å²) in [5.74, 6) is 0.567. The van der Waals surface area contributed by atoms with Gasteiger partial charge < -0.3 is 11.1 Å². The van der Waals surface area contributed by atoms with Crippen LogP contribution in [0.4, 0.5) is 0 Å². The highest BCUT2D eigenvalue weighted by molar-refractivity contribution is 7.91. The highest BCUT2D eigenvalue weighted by atomic mass is 32.2. The second kappa shape index (κ2) is 5.42. The first-order valence-corrected chi connectivity index (χ1v) is 9.13. The van der Waals surface area contributed by atoms with Crippen molar-refractivity contribution in [2.24, 2.45) is 5.73 Å². The first-order valence-electron chi connectivity index (χ1n) is 7.31. The quantitative estimate of drug-likeness (QED) is 0.864. The van der Waals surface area contributed by atoms with Crippen LogP contribution in [0.1, 0.15) is 41.1 Å². The van der Waals surface area contributed by atoms with Crippen LogP contribution < -0.4 is 11.1 Å². The lowest BCUT2D eigenvalue weighted by Gasteiger charge is -2.23. The fourth-order valence-electron chi connectivity index (χ4n) is 2.81. The van der Waals surface area contributed by atoms with Crippen molar-refractivity contribution in [1.82, 2.24) is 5.32 Å². The van der Waals surface area contributed by atoms with Gasteiger partial charge in [0.15, 0.2) is 0 Å². The average molecular weight is 308 g/mol. The maximum atomic E-state index is 12.3. The molecule has 1 aromatic rings. The van der Waals surface area contributed by atoms with Gasteiger partial charge in [-0.3, -0.25) is 4.79 Å². The van der Waals surface area contributed by atoms with Crippen LogP contribution in [0.3, 0.4) is 0 Å². The molecule has 0 bridgehead atoms. The zero-order valence-electron chi connectivity index (χ0n) is 11.8. The highest BCUT2D eigenvalue weighted by Gasteiger charge is 2.35. The summed E-state index contributed by atoms with van der Waals surface area (Å²) < 4.78 is 22.8. The Hall–Kier alpha value is -1.40. The predicted octanol–water partition coefficient (Wildman–Crippen LogP) is 0.808. The van der Waals surface area contributed by atoms with Crippen LogP contribution in [0, 0.1) is 0 Å². The number of hydrogen-bond donors (Lipinski definition) is 2. The Labute approximate surface area is 124 Å². The molecule has 1 aliphatic heterocycles. The van der Waals surface area contributed by atoms with Gasteiger partial charge in [-0.15, -0.1) is 0 Å². The molecule has 1 aromatic carbocycles. The van der Waals surface area contributed by atoms with Crippen molar-refractivity contribution in [3.05, 3.63) is 35.4 Å². The Morgan fingerprint density at radius 2 is 1.90 bits per heavy atom. The molecule has 114 valence electrons. The molecule has 5 nitrogen and oxygen atoms in total. The van der Waals surface area contributed by atoms with E-state index in [1.54, 1.807) is 6.07 Å². The summed E-state index contributed by atoms with van der Waals surface area (Å²) in [4.78, 5) is 12.3. The summed E-state index contributed by atoms with van der Waals surface area (Å²) in [6.07, 6.45) is 1.98. The number of benzene rings is 1. The summed E-state index contributed by atoms with van der Waals surface area (Å²) in [7, 11) is -2.90. The number of nitrogens with two attached hydrogens (primary N) is 1. The lowest BCUT2D eigenvalue weighted by Crippen LogP contribution is -2.40. The summed E-state index contributed by atoms with van der Waals surface area (Å²) in [5, 5.41) is 2.94. The van der Waals surface area contributed by atoms with Crippen molar-refractivity contribution >= 4 is 15.7 Å². The van der Waals surface area contributed by atoms with E-state index in [0.717, 1.165) is 12.0 Å². The number of sulfone groups is 1. The average Bonchev–Trinajstić information content (AvgIpc) is 3.18. The third-order valence-corrected chi connectivity index (χ3v) is 6.02. The van der Waals surface area contributed by atoms with Gasteiger partial charge in [0, 0.05) is 23.6 Å². The lowest BCUT2D eigenvalue weighted by molar-refractivity contribution is 0.0934. The Bertz CT molecular complexity index is 643. The molecule has 3 N–H and O–H groups in total. The minimum atomic E-state index is -2.90. The van der Waals surface area contributed by atoms with Crippen molar-refractivity contribution in [1.29, 1.82) is 0 Å². The second-order valence-corrected chi connectivity index (χ2v) is 8.33. The molecule has 6 heteroatoms. The second-order valence-electron chi connectivity index (χ2n) is 6.03. The van der Waals surface area contributed by atoms with E-state index in [9.17, 15) is 13.2 Å². The van der Waals surface area contributed by atoms with Crippen LogP contribution in [0.2, 0.25) is 0 Å². The number of carbonyl (C=O) groups is 1. The third-order valence-electron chi connectivity index (χ3n) is 4.31. The number of amides is 1. The summed E-state index contributed by atoms with van der Waals surface area (Å²) in [6, 6.07) is 7.72. The minimum Gasteiger partial charge on any atom is -0.349 e. The van der Waals surface area contributed by atoms with Crippen molar-refractivity contribution in [2.45, 2.75) is 37.3 Å². The first-order chi connectivity index (χ1) is 9.94. The van der Waals surface area contributed by atoms with Crippen LogP contribution in [-0.4, -0.2) is 37.9 Å². The van der Waals surface area contributed by atoms with E-state index in [1.807, 2.05) is 18.2 Å². The van der Waals surface area contributed by atoms with Gasteiger partial charge in [-0.25, -0.2) is 8.42 Å². The van der Waals surface area contributed by atoms with E-state index >= 15 is 0 Å². The fraction of sp³-hybridized carbons (Fsp3) is 0.533. The van der Waals surface area contributed by atoms with Crippen LogP contribution in [0.15, 0.2) is 24.3 Å². The molecule has 0 spiro atoms. The molecule has 3 rings (SSSR count). The van der Waals surface area contributed by atoms with Crippen molar-refractivity contribution < 1.29 is 13.2 Å². The smallest absolute Gasteiger partial charge is 0.251 e. The minimum absolute atomic E-state index is 0.0483. The molecule has 0 aromatic heterocycles. The molecule has 21 heavy (non-hydrogen) atoms. The lowest BCUT2D eigenvalue weighted by atomic mass is 10.1. The number of nitrogens with one attached hydrogen (secondary N) is 1. The van der Waals surface area contributed by atoms with E-state index in [1.165, 1.54) is 0 Å². The molecule has 1 saturated carbocycles. The van der Waals surface area contributed by atoms with Gasteiger partial charge >= 0.3 is 0 Å². The standard InChI is InChI=1S/C15H20N2O3S/c16-14-9-13(14)10-2-1-3-11(8-10)15(18)17-12-4-6-21(19,20)7-5-12/h1-3,8,12-14H,4-7,9,16H2,(H,17,18). The molecule has 1 aliphatic carbocycles. The maximum absolute atomic E-state index is 12.3. The molecule has 1 saturated heterocycles. The van der Waals surface area contributed by atoms with Gasteiger partial charge in [-0.1, -0.05) is 12.1 Å². The zero-order chi connectivity index (χ0) is 15.0. The molecular weight excluding hydrogens is 288 g/mol. The van der Waals surface area contributed by atoms with Gasteiger partial charge in [0.1, 0.15) is 9.84 Å². The van der Waals surface area contributed by atoms with E-state index in [-0.39, 0.29) is 29.5 Å². The normalized spacial score (nSPS) is 28.0. The summed E-state index contributed by atoms with van der Waals surface area (Å²) >= 11 is 0. The van der Waals surface area contributed by atoms with Crippen LogP contribution in [-0.2, 0) is 9.84 Å². The van der Waals surface area contributed by atoms with Crippen molar-refractivity contribution in [3.8, 4) is 0 Å². The first kappa shape index (κ1) is 14.5. The summed E-state index contributed by atoms with van der Waals surface area (Å²) in [5.41, 5.74) is 7.58. The van der Waals surface area contributed by atoms with Gasteiger partial charge in [-0.05, 0) is 37.0 Å². The maximum Gasteiger partial charge on any atom is 0.251 e. The van der Waals surface area contributed by atoms with Crippen LogP contribution in [0.5, 0.6) is 0 Å². The fourth-order valence-corrected chi connectivity index (χ4v) is 4.30. The Morgan fingerprint density at radius 3 is 2.52 bits per heavy atom. The topological polar surface area (TPSA) is 89.3 Å². The van der Waals surface area contributed by atoms with E-state index in [4.69, 9.17) is 5.73 Å². The Balaban J connectivity index is 1.63. The molecule has 1 heterocycles. The molecular formula is C15H20N2O3S. The number of hydrogen-bond acceptors (Lipinski definition) is 4. The predicted molar refractivity (Wildman–Crippen MR) is 80.9 cm³/mol. The van der Waals surface area contributed by atoms with Gasteiger partial charge in [0.2, 0.25) is 0 Å². The molecule has 0 radical (unpaired) electrons. The summed E-state index contributed by atoms with van der Waals surface area (Å²) in [6.45, 7) is 0. The van der Waals surface area contributed by atoms with Crippen molar-refractivity contribution in [3.63, 3.8) is 0 Å². The zero-order valence-corrected chi connectivity index (χ0v) is 12.6. The molecule has 2 atom stereocenters. The Morgan fingerprint density at radius 1 is 1.24 bits per heavy atom. The third kappa shape index (κ3) is 3.44. The van der Waals surface area contributed by atoms with E-state index < -0.39 is 9.84 Å². The molecule has 2 aliphatic rings. The van der Waals surface area contributed by atoms with Gasteiger partial charge in [0.05, 0.1) is 11.5 Å². The highest BCUT2D eigenvalue weighted by Crippen LogP contribution is 2.39. The number of carbonyl (C=O) groups excluding carboxylic acids is 1. The van der Waals surface area contributed by atoms with Crippen LogP contribution >= 0.6 is 0 Å². The van der Waals surface area contributed by atoms with Crippen molar-refractivity contribution in [2.75, 3.05) is 11.5 Å². The molecule has 2 fully saturated rings. The monoisotopic (exact) mass is 308 g/mol. The van der Waals surface area contributed by atoms with Gasteiger partial charge in [-0.2, -0.15) is 0 Å². The number of rotatable bonds is 3. The van der Waals surface area contributed by atoms with E-state index in [0.29, 0.717) is 24.3 Å². The Kier molecular flexibility index (Phi) is 3.75. The largest absolute Gasteiger partial charge is 0.349 e. The molecule has 2 unspecified atom stereocenters.